The zero-order chi connectivity index (χ0) is 17.9. The molecule has 134 valence electrons. The highest BCUT2D eigenvalue weighted by Crippen LogP contribution is 2.23. The molecular formula is C13H22N6O3S2. The van der Waals surface area contributed by atoms with Crippen LogP contribution in [0.15, 0.2) is 5.16 Å². The average Bonchev–Trinajstić information content (AvgIpc) is 2.84. The van der Waals surface area contributed by atoms with E-state index in [1.54, 1.807) is 4.90 Å². The third-order valence-corrected chi connectivity index (χ3v) is 6.51. The summed E-state index contributed by atoms with van der Waals surface area (Å²) in [7, 11) is -3.06. The number of anilines is 2. The first-order valence-electron chi connectivity index (χ1n) is 7.63. The summed E-state index contributed by atoms with van der Waals surface area (Å²) in [6.45, 7) is 3.89. The van der Waals surface area contributed by atoms with Crippen molar-refractivity contribution >= 4 is 39.4 Å². The number of carbonyl (C=O) groups excluding carboxylic acids is 1. The van der Waals surface area contributed by atoms with Gasteiger partial charge in [0.05, 0.1) is 17.3 Å². The molecule has 4 N–H and O–H groups in total. The molecule has 0 saturated carbocycles. The van der Waals surface area contributed by atoms with E-state index in [9.17, 15) is 13.2 Å². The van der Waals surface area contributed by atoms with Crippen LogP contribution >= 0.6 is 11.8 Å². The highest BCUT2D eigenvalue weighted by Gasteiger charge is 2.36. The van der Waals surface area contributed by atoms with Crippen molar-refractivity contribution in [2.45, 2.75) is 43.9 Å². The SMILES string of the molecule is CC[C@H](C)N(C(=O)CSc1nc(N)nc(N)n1)[C@H]1CCS(=O)(=O)C1. The molecule has 0 aliphatic carbocycles. The zero-order valence-electron chi connectivity index (χ0n) is 13.7. The largest absolute Gasteiger partial charge is 0.368 e. The van der Waals surface area contributed by atoms with Crippen LogP contribution in [-0.2, 0) is 14.6 Å². The van der Waals surface area contributed by atoms with Gasteiger partial charge < -0.3 is 16.4 Å². The molecule has 2 rings (SSSR count). The minimum absolute atomic E-state index is 0.00174. The van der Waals surface area contributed by atoms with Crippen molar-refractivity contribution in [2.75, 3.05) is 28.7 Å². The van der Waals surface area contributed by atoms with E-state index in [1.165, 1.54) is 0 Å². The second-order valence-corrected chi connectivity index (χ2v) is 8.91. The number of nitrogen functional groups attached to an aromatic ring is 2. The van der Waals surface area contributed by atoms with E-state index < -0.39 is 9.84 Å². The van der Waals surface area contributed by atoms with Gasteiger partial charge in [0.15, 0.2) is 15.0 Å². The number of carbonyl (C=O) groups is 1. The van der Waals surface area contributed by atoms with Crippen LogP contribution < -0.4 is 11.5 Å². The van der Waals surface area contributed by atoms with Crippen LogP contribution in [-0.4, -0.2) is 63.5 Å². The van der Waals surface area contributed by atoms with Gasteiger partial charge in [0, 0.05) is 12.1 Å². The van der Waals surface area contributed by atoms with E-state index in [0.29, 0.717) is 6.42 Å². The lowest BCUT2D eigenvalue weighted by Crippen LogP contribution is -2.47. The number of sulfone groups is 1. The molecule has 9 nitrogen and oxygen atoms in total. The molecule has 1 aromatic heterocycles. The Kier molecular flexibility index (Phi) is 5.86. The first-order chi connectivity index (χ1) is 11.2. The Morgan fingerprint density at radius 1 is 1.33 bits per heavy atom. The van der Waals surface area contributed by atoms with Gasteiger partial charge in [0.2, 0.25) is 17.8 Å². The summed E-state index contributed by atoms with van der Waals surface area (Å²) >= 11 is 1.11. The highest BCUT2D eigenvalue weighted by atomic mass is 32.2. The summed E-state index contributed by atoms with van der Waals surface area (Å²) in [5.74, 6) is 0.0969. The van der Waals surface area contributed by atoms with Crippen molar-refractivity contribution in [3.05, 3.63) is 0 Å². The van der Waals surface area contributed by atoms with Gasteiger partial charge in [0.25, 0.3) is 0 Å². The third-order valence-electron chi connectivity index (χ3n) is 3.93. The van der Waals surface area contributed by atoms with Gasteiger partial charge in [0.1, 0.15) is 0 Å². The Bertz CT molecular complexity index is 691. The van der Waals surface area contributed by atoms with Crippen LogP contribution in [0.2, 0.25) is 0 Å². The Labute approximate surface area is 145 Å². The number of nitrogens with zero attached hydrogens (tertiary/aromatic N) is 4. The molecule has 0 aromatic carbocycles. The summed E-state index contributed by atoms with van der Waals surface area (Å²) < 4.78 is 23.5. The van der Waals surface area contributed by atoms with Crippen LogP contribution in [0.25, 0.3) is 0 Å². The second-order valence-electron chi connectivity index (χ2n) is 5.74. The average molecular weight is 374 g/mol. The smallest absolute Gasteiger partial charge is 0.233 e. The van der Waals surface area contributed by atoms with E-state index in [0.717, 1.165) is 18.2 Å². The van der Waals surface area contributed by atoms with Gasteiger partial charge in [-0.2, -0.15) is 15.0 Å². The number of amides is 1. The number of hydrogen-bond acceptors (Lipinski definition) is 9. The predicted molar refractivity (Wildman–Crippen MR) is 93.0 cm³/mol. The molecule has 1 fully saturated rings. The standard InChI is InChI=1S/C13H22N6O3S2/c1-3-8(2)19(9-4-5-24(21,22)7-9)10(20)6-23-13-17-11(14)16-12(15)18-13/h8-9H,3-7H2,1-2H3,(H4,14,15,16,17,18)/t8-,9-/m0/s1. The Morgan fingerprint density at radius 3 is 2.46 bits per heavy atom. The van der Waals surface area contributed by atoms with Gasteiger partial charge in [-0.05, 0) is 19.8 Å². The minimum atomic E-state index is -3.06. The molecule has 2 atom stereocenters. The Balaban J connectivity index is 2.08. The molecule has 24 heavy (non-hydrogen) atoms. The number of thioether (sulfide) groups is 1. The quantitative estimate of drug-likeness (QED) is 0.654. The van der Waals surface area contributed by atoms with Crippen molar-refractivity contribution in [1.82, 2.24) is 19.9 Å². The maximum Gasteiger partial charge on any atom is 0.233 e. The van der Waals surface area contributed by atoms with Crippen molar-refractivity contribution in [3.63, 3.8) is 0 Å². The van der Waals surface area contributed by atoms with E-state index in [-0.39, 0.29) is 52.3 Å². The Hall–Kier alpha value is -1.62. The van der Waals surface area contributed by atoms with Crippen LogP contribution in [0.4, 0.5) is 11.9 Å². The summed E-state index contributed by atoms with van der Waals surface area (Å²) in [4.78, 5) is 25.9. The fourth-order valence-corrected chi connectivity index (χ4v) is 5.08. The molecule has 1 aromatic rings. The molecule has 1 amide bonds. The second kappa shape index (κ2) is 7.51. The third kappa shape index (κ3) is 4.69. The van der Waals surface area contributed by atoms with Crippen LogP contribution in [0.3, 0.4) is 0 Å². The van der Waals surface area contributed by atoms with E-state index in [2.05, 4.69) is 15.0 Å². The monoisotopic (exact) mass is 374 g/mol. The molecule has 0 radical (unpaired) electrons. The van der Waals surface area contributed by atoms with Crippen molar-refractivity contribution in [3.8, 4) is 0 Å². The van der Waals surface area contributed by atoms with Crippen LogP contribution in [0.1, 0.15) is 26.7 Å². The lowest BCUT2D eigenvalue weighted by molar-refractivity contribution is -0.132. The van der Waals surface area contributed by atoms with Gasteiger partial charge in [-0.25, -0.2) is 8.42 Å². The molecule has 0 spiro atoms. The number of hydrogen-bond donors (Lipinski definition) is 2. The normalized spacial score (nSPS) is 20.7. The lowest BCUT2D eigenvalue weighted by Gasteiger charge is -2.33. The maximum absolute atomic E-state index is 12.7. The summed E-state index contributed by atoms with van der Waals surface area (Å²) in [6, 6.07) is -0.309. The maximum atomic E-state index is 12.7. The molecule has 0 unspecified atom stereocenters. The minimum Gasteiger partial charge on any atom is -0.368 e. The molecule has 1 aliphatic heterocycles. The molecular weight excluding hydrogens is 352 g/mol. The molecule has 2 heterocycles. The van der Waals surface area contributed by atoms with E-state index in [1.807, 2.05) is 13.8 Å². The van der Waals surface area contributed by atoms with Gasteiger partial charge in [-0.15, -0.1) is 0 Å². The summed E-state index contributed by atoms with van der Waals surface area (Å²) in [6.07, 6.45) is 1.23. The van der Waals surface area contributed by atoms with Gasteiger partial charge >= 0.3 is 0 Å². The first-order valence-corrected chi connectivity index (χ1v) is 10.4. The topological polar surface area (TPSA) is 145 Å². The van der Waals surface area contributed by atoms with E-state index >= 15 is 0 Å². The summed E-state index contributed by atoms with van der Waals surface area (Å²) in [5.41, 5.74) is 11.0. The summed E-state index contributed by atoms with van der Waals surface area (Å²) in [5, 5.41) is 0.275. The lowest BCUT2D eigenvalue weighted by atomic mass is 10.1. The molecule has 11 heteroatoms. The fourth-order valence-electron chi connectivity index (χ4n) is 2.65. The van der Waals surface area contributed by atoms with Gasteiger partial charge in [-0.3, -0.25) is 4.79 Å². The van der Waals surface area contributed by atoms with Crippen molar-refractivity contribution < 1.29 is 13.2 Å². The first kappa shape index (κ1) is 18.7. The van der Waals surface area contributed by atoms with Crippen LogP contribution in [0.5, 0.6) is 0 Å². The number of nitrogens with two attached hydrogens (primary N) is 2. The number of aromatic nitrogens is 3. The Morgan fingerprint density at radius 2 is 1.96 bits per heavy atom. The zero-order valence-corrected chi connectivity index (χ0v) is 15.3. The van der Waals surface area contributed by atoms with Crippen molar-refractivity contribution in [1.29, 1.82) is 0 Å². The molecule has 1 saturated heterocycles. The van der Waals surface area contributed by atoms with Gasteiger partial charge in [-0.1, -0.05) is 18.7 Å². The van der Waals surface area contributed by atoms with E-state index in [4.69, 9.17) is 11.5 Å². The van der Waals surface area contributed by atoms with Crippen molar-refractivity contribution in [2.24, 2.45) is 0 Å². The predicted octanol–water partition coefficient (Wildman–Crippen LogP) is -0.0577. The fraction of sp³-hybridized carbons (Fsp3) is 0.692. The van der Waals surface area contributed by atoms with Crippen LogP contribution in [0, 0.1) is 0 Å². The highest BCUT2D eigenvalue weighted by molar-refractivity contribution is 7.99. The molecule has 0 bridgehead atoms. The molecule has 1 aliphatic rings. The number of rotatable bonds is 6.